The standard InChI is InChI=1S/C25H31FN6O4S/c1-4-14-37(34,35)32-18-7-5-6-17(21(18)26)22-23(31-24(30-22)16-9-10-16)19-12-13-27-20(29-19)11-8-15(2)28-25(33)36-3/h5-7,12-13,15-16,32H,4,8-11,14H2,1-3H3,(H,28,33)(H,30,31)/t15-/m0/s1. The number of hydrogen-bond donors (Lipinski definition) is 3. The fourth-order valence-corrected chi connectivity index (χ4v) is 5.07. The van der Waals surface area contributed by atoms with Gasteiger partial charge in [-0.05, 0) is 50.8 Å². The lowest BCUT2D eigenvalue weighted by Gasteiger charge is -2.12. The zero-order valence-corrected chi connectivity index (χ0v) is 21.9. The number of halogens is 1. The molecule has 0 radical (unpaired) electrons. The predicted molar refractivity (Wildman–Crippen MR) is 138 cm³/mol. The second-order valence-electron chi connectivity index (χ2n) is 9.14. The summed E-state index contributed by atoms with van der Waals surface area (Å²) in [6, 6.07) is 6.15. The number of aromatic amines is 1. The van der Waals surface area contributed by atoms with Gasteiger partial charge in [-0.2, -0.15) is 0 Å². The Morgan fingerprint density at radius 3 is 2.76 bits per heavy atom. The van der Waals surface area contributed by atoms with Crippen molar-refractivity contribution < 1.29 is 22.3 Å². The minimum Gasteiger partial charge on any atom is -0.453 e. The Balaban J connectivity index is 1.66. The molecule has 12 heteroatoms. The zero-order valence-electron chi connectivity index (χ0n) is 21.0. The number of carbonyl (C=O) groups excluding carboxylic acids is 1. The second-order valence-corrected chi connectivity index (χ2v) is 11.0. The Labute approximate surface area is 215 Å². The first-order valence-electron chi connectivity index (χ1n) is 12.3. The van der Waals surface area contributed by atoms with Crippen molar-refractivity contribution in [3.8, 4) is 22.6 Å². The van der Waals surface area contributed by atoms with E-state index >= 15 is 4.39 Å². The van der Waals surface area contributed by atoms with E-state index in [4.69, 9.17) is 4.98 Å². The van der Waals surface area contributed by atoms with Crippen LogP contribution in [0.25, 0.3) is 22.6 Å². The molecule has 3 aromatic rings. The van der Waals surface area contributed by atoms with Gasteiger partial charge in [-0.15, -0.1) is 0 Å². The van der Waals surface area contributed by atoms with Crippen molar-refractivity contribution in [2.45, 2.75) is 57.9 Å². The van der Waals surface area contributed by atoms with E-state index < -0.39 is 21.9 Å². The van der Waals surface area contributed by atoms with Crippen LogP contribution in [0.2, 0.25) is 0 Å². The highest BCUT2D eigenvalue weighted by Crippen LogP contribution is 2.42. The third-order valence-electron chi connectivity index (χ3n) is 5.99. The molecule has 1 aliphatic rings. The Morgan fingerprint density at radius 1 is 1.27 bits per heavy atom. The van der Waals surface area contributed by atoms with Gasteiger partial charge in [0, 0.05) is 30.1 Å². The van der Waals surface area contributed by atoms with Crippen LogP contribution in [-0.2, 0) is 21.2 Å². The third-order valence-corrected chi connectivity index (χ3v) is 7.47. The van der Waals surface area contributed by atoms with Gasteiger partial charge in [0.1, 0.15) is 17.3 Å². The van der Waals surface area contributed by atoms with E-state index in [-0.39, 0.29) is 29.0 Å². The maximum absolute atomic E-state index is 15.6. The first-order valence-corrected chi connectivity index (χ1v) is 13.9. The summed E-state index contributed by atoms with van der Waals surface area (Å²) in [5, 5.41) is 2.71. The minimum atomic E-state index is -3.67. The number of ether oxygens (including phenoxy) is 1. The number of hydrogen-bond acceptors (Lipinski definition) is 7. The summed E-state index contributed by atoms with van der Waals surface area (Å²) < 4.78 is 47.1. The van der Waals surface area contributed by atoms with Crippen LogP contribution in [0.15, 0.2) is 30.5 Å². The summed E-state index contributed by atoms with van der Waals surface area (Å²) in [4.78, 5) is 28.5. The average Bonchev–Trinajstić information content (AvgIpc) is 3.62. The van der Waals surface area contributed by atoms with Crippen molar-refractivity contribution >= 4 is 21.8 Å². The molecule has 1 saturated carbocycles. The number of methoxy groups -OCH3 is 1. The Bertz CT molecular complexity index is 1370. The fourth-order valence-electron chi connectivity index (χ4n) is 3.94. The molecule has 0 bridgehead atoms. The van der Waals surface area contributed by atoms with Crippen LogP contribution < -0.4 is 10.0 Å². The molecule has 4 rings (SSSR count). The van der Waals surface area contributed by atoms with E-state index in [1.807, 2.05) is 6.92 Å². The molecule has 1 atom stereocenters. The van der Waals surface area contributed by atoms with E-state index in [0.717, 1.165) is 18.7 Å². The lowest BCUT2D eigenvalue weighted by Crippen LogP contribution is -2.32. The number of sulfonamides is 1. The molecule has 2 heterocycles. The number of nitrogens with zero attached hydrogens (tertiary/aromatic N) is 3. The SMILES string of the molecule is CCCS(=O)(=O)Nc1cccc(-c2nc(C3CC3)[nH]c2-c2ccnc(CC[C@H](C)NC(=O)OC)n2)c1F. The maximum Gasteiger partial charge on any atom is 0.407 e. The largest absolute Gasteiger partial charge is 0.453 e. The number of alkyl carbamates (subject to hydrolysis) is 1. The highest BCUT2D eigenvalue weighted by atomic mass is 32.2. The summed E-state index contributed by atoms with van der Waals surface area (Å²) in [7, 11) is -2.36. The Hall–Kier alpha value is -3.54. The van der Waals surface area contributed by atoms with Gasteiger partial charge in [0.15, 0.2) is 5.82 Å². The van der Waals surface area contributed by atoms with Crippen LogP contribution in [0.5, 0.6) is 0 Å². The Morgan fingerprint density at radius 2 is 2.05 bits per heavy atom. The summed E-state index contributed by atoms with van der Waals surface area (Å²) in [5.74, 6) is 0.777. The topological polar surface area (TPSA) is 139 Å². The molecule has 0 saturated heterocycles. The third kappa shape index (κ3) is 6.62. The lowest BCUT2D eigenvalue weighted by molar-refractivity contribution is 0.167. The van der Waals surface area contributed by atoms with Gasteiger partial charge < -0.3 is 15.0 Å². The smallest absolute Gasteiger partial charge is 0.407 e. The van der Waals surface area contributed by atoms with Gasteiger partial charge in [0.2, 0.25) is 10.0 Å². The molecular weight excluding hydrogens is 499 g/mol. The van der Waals surface area contributed by atoms with Crippen molar-refractivity contribution in [2.75, 3.05) is 17.6 Å². The zero-order chi connectivity index (χ0) is 26.6. The van der Waals surface area contributed by atoms with Crippen LogP contribution in [-0.4, -0.2) is 53.4 Å². The molecule has 198 valence electrons. The fraction of sp³-hybridized carbons (Fsp3) is 0.440. The summed E-state index contributed by atoms with van der Waals surface area (Å²) in [6.45, 7) is 3.61. The number of benzene rings is 1. The number of nitrogens with one attached hydrogen (secondary N) is 3. The van der Waals surface area contributed by atoms with Gasteiger partial charge in [-0.25, -0.2) is 32.6 Å². The molecule has 3 N–H and O–H groups in total. The van der Waals surface area contributed by atoms with Crippen molar-refractivity contribution in [1.82, 2.24) is 25.3 Å². The number of aromatic nitrogens is 4. The Kier molecular flexibility index (Phi) is 8.06. The lowest BCUT2D eigenvalue weighted by atomic mass is 10.1. The van der Waals surface area contributed by atoms with Crippen LogP contribution >= 0.6 is 0 Å². The molecule has 37 heavy (non-hydrogen) atoms. The molecule has 0 aliphatic heterocycles. The number of anilines is 1. The van der Waals surface area contributed by atoms with E-state index in [0.29, 0.717) is 42.2 Å². The van der Waals surface area contributed by atoms with E-state index in [1.165, 1.54) is 13.2 Å². The van der Waals surface area contributed by atoms with E-state index in [1.54, 1.807) is 31.3 Å². The molecule has 1 fully saturated rings. The first-order chi connectivity index (χ1) is 17.7. The van der Waals surface area contributed by atoms with E-state index in [9.17, 15) is 13.2 Å². The highest BCUT2D eigenvalue weighted by Gasteiger charge is 2.30. The van der Waals surface area contributed by atoms with Gasteiger partial charge >= 0.3 is 6.09 Å². The number of imidazole rings is 1. The summed E-state index contributed by atoms with van der Waals surface area (Å²) in [5.41, 5.74) is 1.50. The molecule has 1 aliphatic carbocycles. The number of carbonyl (C=O) groups is 1. The average molecular weight is 531 g/mol. The molecular formula is C25H31FN6O4S. The molecule has 0 unspecified atom stereocenters. The van der Waals surface area contributed by atoms with Crippen LogP contribution in [0.4, 0.5) is 14.9 Å². The number of H-pyrrole nitrogens is 1. The highest BCUT2D eigenvalue weighted by molar-refractivity contribution is 7.92. The van der Waals surface area contributed by atoms with E-state index in [2.05, 4.69) is 29.7 Å². The first kappa shape index (κ1) is 26.5. The quantitative estimate of drug-likeness (QED) is 0.334. The van der Waals surface area contributed by atoms with Crippen molar-refractivity contribution in [3.63, 3.8) is 0 Å². The van der Waals surface area contributed by atoms with Crippen LogP contribution in [0.3, 0.4) is 0 Å². The van der Waals surface area contributed by atoms with Gasteiger partial charge in [-0.1, -0.05) is 13.0 Å². The van der Waals surface area contributed by atoms with Crippen molar-refractivity contribution in [2.24, 2.45) is 0 Å². The van der Waals surface area contributed by atoms with Crippen LogP contribution in [0.1, 0.15) is 57.1 Å². The van der Waals surface area contributed by atoms with Gasteiger partial charge in [-0.3, -0.25) is 4.72 Å². The number of aryl methyl sites for hydroxylation is 1. The van der Waals surface area contributed by atoms with Crippen molar-refractivity contribution in [1.29, 1.82) is 0 Å². The maximum atomic E-state index is 15.6. The van der Waals surface area contributed by atoms with Gasteiger partial charge in [0.25, 0.3) is 0 Å². The predicted octanol–water partition coefficient (Wildman–Crippen LogP) is 4.38. The number of rotatable bonds is 11. The van der Waals surface area contributed by atoms with Crippen LogP contribution in [0, 0.1) is 5.82 Å². The van der Waals surface area contributed by atoms with Gasteiger partial charge in [0.05, 0.1) is 29.9 Å². The molecule has 10 nitrogen and oxygen atoms in total. The molecule has 0 spiro atoms. The monoisotopic (exact) mass is 530 g/mol. The normalized spacial score (nSPS) is 14.3. The minimum absolute atomic E-state index is 0.104. The summed E-state index contributed by atoms with van der Waals surface area (Å²) in [6.07, 6.45) is 4.62. The molecule has 1 amide bonds. The number of amides is 1. The molecule has 2 aromatic heterocycles. The molecule has 1 aromatic carbocycles. The van der Waals surface area contributed by atoms with Crippen molar-refractivity contribution in [3.05, 3.63) is 47.9 Å². The summed E-state index contributed by atoms with van der Waals surface area (Å²) >= 11 is 0. The second kappa shape index (κ2) is 11.2.